The molecule has 44 heavy (non-hydrogen) atoms. The number of Topliss-reactive ketones (excluding diaryl/α,β-unsaturated/α-hetero) is 1. The van der Waals surface area contributed by atoms with Gasteiger partial charge in [-0.25, -0.2) is 0 Å². The van der Waals surface area contributed by atoms with Gasteiger partial charge in [0.1, 0.15) is 17.3 Å². The molecule has 2 aromatic carbocycles. The topological polar surface area (TPSA) is 155 Å². The quantitative estimate of drug-likeness (QED) is 0.215. The van der Waals surface area contributed by atoms with Crippen LogP contribution in [0.15, 0.2) is 24.3 Å². The molecule has 0 aliphatic carbocycles. The van der Waals surface area contributed by atoms with Crippen molar-refractivity contribution in [2.75, 3.05) is 38.8 Å². The molecule has 12 heteroatoms. The molecule has 11 nitrogen and oxygen atoms in total. The number of hydrogen-bond acceptors (Lipinski definition) is 7. The fourth-order valence-corrected chi connectivity index (χ4v) is 4.88. The summed E-state index contributed by atoms with van der Waals surface area (Å²) in [6.45, 7) is 10.2. The number of halogens is 1. The number of primary amides is 1. The van der Waals surface area contributed by atoms with Gasteiger partial charge in [0.05, 0.1) is 31.9 Å². The number of likely N-dealkylation sites (N-methyl/N-ethyl adjacent to an activating group) is 1. The second kappa shape index (κ2) is 15.2. The largest absolute Gasteiger partial charge is 0.494 e. The lowest BCUT2D eigenvalue weighted by atomic mass is 9.84. The lowest BCUT2D eigenvalue weighted by Gasteiger charge is -2.29. The molecule has 240 valence electrons. The molecule has 0 bridgehead atoms. The molecule has 0 saturated heterocycles. The van der Waals surface area contributed by atoms with Gasteiger partial charge in [0.2, 0.25) is 17.7 Å². The van der Waals surface area contributed by atoms with Gasteiger partial charge in [0.25, 0.3) is 0 Å². The van der Waals surface area contributed by atoms with E-state index in [0.29, 0.717) is 53.4 Å². The Morgan fingerprint density at radius 1 is 1.11 bits per heavy atom. The molecule has 0 radical (unpaired) electrons. The Balaban J connectivity index is 0.00000675. The van der Waals surface area contributed by atoms with Crippen molar-refractivity contribution in [3.05, 3.63) is 52.1 Å². The summed E-state index contributed by atoms with van der Waals surface area (Å²) in [4.78, 5) is 52.7. The summed E-state index contributed by atoms with van der Waals surface area (Å²) in [7, 11) is 3.19. The van der Waals surface area contributed by atoms with Gasteiger partial charge >= 0.3 is 0 Å². The summed E-state index contributed by atoms with van der Waals surface area (Å²) in [6.07, 6.45) is 0.698. The van der Waals surface area contributed by atoms with Crippen molar-refractivity contribution in [1.29, 1.82) is 5.41 Å². The predicted octanol–water partition coefficient (Wildman–Crippen LogP) is 3.90. The summed E-state index contributed by atoms with van der Waals surface area (Å²) < 4.78 is 11.9. The predicted molar refractivity (Wildman–Crippen MR) is 175 cm³/mol. The molecule has 1 aliphatic heterocycles. The number of amides is 3. The average Bonchev–Trinajstić information content (AvgIpc) is 3.23. The smallest absolute Gasteiger partial charge is 0.224 e. The number of anilines is 1. The molecular formula is C32H44BrN5O6. The maximum Gasteiger partial charge on any atom is 0.224 e. The molecule has 3 rings (SSSR count). The number of hydrogen-bond donors (Lipinski definition) is 3. The molecule has 0 atom stereocenters. The fourth-order valence-electron chi connectivity index (χ4n) is 4.88. The number of ketones is 1. The first-order valence-electron chi connectivity index (χ1n) is 14.4. The minimum absolute atomic E-state index is 0. The normalized spacial score (nSPS) is 12.2. The Morgan fingerprint density at radius 2 is 1.80 bits per heavy atom. The second-order valence-electron chi connectivity index (χ2n) is 11.6. The second-order valence-corrected chi connectivity index (χ2v) is 11.6. The van der Waals surface area contributed by atoms with Gasteiger partial charge in [-0.05, 0) is 48.6 Å². The van der Waals surface area contributed by atoms with Gasteiger partial charge in [-0.15, -0.1) is 17.0 Å². The van der Waals surface area contributed by atoms with Crippen LogP contribution in [0.1, 0.15) is 80.1 Å². The molecule has 0 unspecified atom stereocenters. The third-order valence-electron chi connectivity index (χ3n) is 7.33. The molecule has 1 aliphatic rings. The highest BCUT2D eigenvalue weighted by atomic mass is 79.9. The molecule has 3 amide bonds. The van der Waals surface area contributed by atoms with Crippen LogP contribution in [0.4, 0.5) is 5.69 Å². The van der Waals surface area contributed by atoms with E-state index in [2.05, 4.69) is 5.32 Å². The molecule has 0 saturated carbocycles. The first kappa shape index (κ1) is 36.3. The molecule has 0 spiro atoms. The number of nitrogens with zero attached hydrogens (tertiary/aromatic N) is 2. The van der Waals surface area contributed by atoms with E-state index in [-0.39, 0.29) is 66.4 Å². The lowest BCUT2D eigenvalue weighted by molar-refractivity contribution is -0.120. The minimum Gasteiger partial charge on any atom is -0.494 e. The van der Waals surface area contributed by atoms with Gasteiger partial charge in [-0.3, -0.25) is 24.6 Å². The van der Waals surface area contributed by atoms with Crippen molar-refractivity contribution in [2.45, 2.75) is 65.8 Å². The van der Waals surface area contributed by atoms with E-state index in [1.54, 1.807) is 37.2 Å². The van der Waals surface area contributed by atoms with E-state index in [9.17, 15) is 19.2 Å². The van der Waals surface area contributed by atoms with Gasteiger partial charge < -0.3 is 30.3 Å². The maximum absolute atomic E-state index is 13.8. The molecule has 4 N–H and O–H groups in total. The van der Waals surface area contributed by atoms with Crippen LogP contribution in [-0.4, -0.2) is 68.1 Å². The van der Waals surface area contributed by atoms with E-state index in [1.165, 1.54) is 11.8 Å². The van der Waals surface area contributed by atoms with Crippen LogP contribution in [0.5, 0.6) is 11.5 Å². The molecule has 2 aromatic rings. The van der Waals surface area contributed by atoms with Crippen LogP contribution in [0, 0.1) is 5.41 Å². The first-order valence-corrected chi connectivity index (χ1v) is 14.4. The van der Waals surface area contributed by atoms with Gasteiger partial charge in [-0.1, -0.05) is 20.8 Å². The van der Waals surface area contributed by atoms with Crippen LogP contribution in [0.25, 0.3) is 0 Å². The van der Waals surface area contributed by atoms with Gasteiger partial charge in [0.15, 0.2) is 5.78 Å². The number of carbonyl (C=O) groups is 4. The highest BCUT2D eigenvalue weighted by molar-refractivity contribution is 8.93. The highest BCUT2D eigenvalue weighted by Gasteiger charge is 2.31. The van der Waals surface area contributed by atoms with Crippen molar-refractivity contribution in [3.63, 3.8) is 0 Å². The third kappa shape index (κ3) is 8.58. The van der Waals surface area contributed by atoms with Crippen molar-refractivity contribution >= 4 is 52.0 Å². The maximum atomic E-state index is 13.8. The Labute approximate surface area is 269 Å². The van der Waals surface area contributed by atoms with Crippen LogP contribution >= 0.6 is 17.0 Å². The summed E-state index contributed by atoms with van der Waals surface area (Å²) in [5.41, 5.74) is 8.57. The SMILES string of the molecule is Br.CCOc1cc2c(cc1CC(=O)NC)C(=N)N(CC(=O)c1cc(N(C)C(C)=O)c(OCCCC(N)=O)c(C(C)(C)C)c1)C2. The number of amidine groups is 1. The first-order chi connectivity index (χ1) is 20.2. The zero-order valence-corrected chi connectivity index (χ0v) is 28.3. The highest BCUT2D eigenvalue weighted by Crippen LogP contribution is 2.41. The molecule has 1 heterocycles. The summed E-state index contributed by atoms with van der Waals surface area (Å²) in [5.74, 6) is 0.199. The number of nitrogens with one attached hydrogen (secondary N) is 2. The number of benzene rings is 2. The number of fused-ring (bicyclic) bond motifs is 1. The Hall–Kier alpha value is -3.93. The Bertz CT molecular complexity index is 1440. The minimum atomic E-state index is -0.449. The monoisotopic (exact) mass is 673 g/mol. The Morgan fingerprint density at radius 3 is 2.36 bits per heavy atom. The van der Waals surface area contributed by atoms with E-state index >= 15 is 0 Å². The van der Waals surface area contributed by atoms with Crippen LogP contribution in [-0.2, 0) is 32.8 Å². The molecule has 0 fully saturated rings. The average molecular weight is 675 g/mol. The van der Waals surface area contributed by atoms with Crippen molar-refractivity contribution in [3.8, 4) is 11.5 Å². The van der Waals surface area contributed by atoms with Crippen LogP contribution in [0.3, 0.4) is 0 Å². The van der Waals surface area contributed by atoms with E-state index < -0.39 is 11.3 Å². The van der Waals surface area contributed by atoms with Crippen LogP contribution < -0.4 is 25.4 Å². The number of rotatable bonds is 13. The van der Waals surface area contributed by atoms with E-state index in [4.69, 9.17) is 20.6 Å². The van der Waals surface area contributed by atoms with Crippen molar-refractivity contribution in [1.82, 2.24) is 10.2 Å². The van der Waals surface area contributed by atoms with Crippen LogP contribution in [0.2, 0.25) is 0 Å². The van der Waals surface area contributed by atoms with Gasteiger partial charge in [0, 0.05) is 56.2 Å². The zero-order chi connectivity index (χ0) is 32.1. The Kier molecular flexibility index (Phi) is 12.5. The summed E-state index contributed by atoms with van der Waals surface area (Å²) in [6, 6.07) is 7.07. The molecule has 0 aromatic heterocycles. The van der Waals surface area contributed by atoms with Crippen molar-refractivity contribution < 1.29 is 28.7 Å². The number of nitrogens with two attached hydrogens (primary N) is 1. The summed E-state index contributed by atoms with van der Waals surface area (Å²) >= 11 is 0. The molecular weight excluding hydrogens is 630 g/mol. The zero-order valence-electron chi connectivity index (χ0n) is 26.6. The van der Waals surface area contributed by atoms with E-state index in [1.807, 2.05) is 33.8 Å². The summed E-state index contributed by atoms with van der Waals surface area (Å²) in [5, 5.41) is 11.4. The van der Waals surface area contributed by atoms with Gasteiger partial charge in [-0.2, -0.15) is 0 Å². The fraction of sp³-hybridized carbons (Fsp3) is 0.469. The third-order valence-corrected chi connectivity index (χ3v) is 7.33. The number of carbonyl (C=O) groups excluding carboxylic acids is 4. The lowest BCUT2D eigenvalue weighted by Crippen LogP contribution is -2.31. The number of ether oxygens (including phenoxy) is 2. The standard InChI is InChI=1S/C32H43N5O6.BrH/c1-8-42-27-15-22-17-37(31(34)23(22)12-21(27)16-29(41)35-6)18-26(39)20-13-24(32(3,4)5)30(43-11-9-10-28(33)40)25(14-20)36(7)19(2)38;/h12-15,34H,8-11,16-18H2,1-7H3,(H2,33,40)(H,35,41);1H. The van der Waals surface area contributed by atoms with Crippen molar-refractivity contribution in [2.24, 2.45) is 5.73 Å². The van der Waals surface area contributed by atoms with E-state index in [0.717, 1.165) is 11.1 Å².